The van der Waals surface area contributed by atoms with Gasteiger partial charge in [-0.3, -0.25) is 14.9 Å². The lowest BCUT2D eigenvalue weighted by molar-refractivity contribution is -0.384. The highest BCUT2D eigenvalue weighted by Gasteiger charge is 2.25. The SMILES string of the molecule is COc1c(Cl)cc(Cl)cc1C=CC(=O)N1CCN(c2ccc([N+](=O)[O-])c(N3CCOCC3)c2)CC1. The van der Waals surface area contributed by atoms with E-state index in [0.717, 1.165) is 5.69 Å². The highest BCUT2D eigenvalue weighted by Crippen LogP contribution is 2.34. The fourth-order valence-corrected chi connectivity index (χ4v) is 4.88. The van der Waals surface area contributed by atoms with Crippen LogP contribution in [0, 0.1) is 10.1 Å². The van der Waals surface area contributed by atoms with E-state index in [4.69, 9.17) is 32.7 Å². The minimum Gasteiger partial charge on any atom is -0.495 e. The Kier molecular flexibility index (Phi) is 8.00. The number of rotatable bonds is 6. The third-order valence-corrected chi connectivity index (χ3v) is 6.61. The molecule has 2 aliphatic rings. The number of nitrogens with zero attached hydrogens (tertiary/aromatic N) is 4. The molecule has 0 aliphatic carbocycles. The minimum absolute atomic E-state index is 0.0890. The Morgan fingerprint density at radius 1 is 1.06 bits per heavy atom. The summed E-state index contributed by atoms with van der Waals surface area (Å²) >= 11 is 12.3. The van der Waals surface area contributed by atoms with E-state index in [1.165, 1.54) is 13.2 Å². The average molecular weight is 521 g/mol. The molecule has 0 atom stereocenters. The van der Waals surface area contributed by atoms with Gasteiger partial charge in [-0.15, -0.1) is 0 Å². The Hall–Kier alpha value is -3.01. The van der Waals surface area contributed by atoms with Crippen molar-refractivity contribution in [2.24, 2.45) is 0 Å². The monoisotopic (exact) mass is 520 g/mol. The van der Waals surface area contributed by atoms with Gasteiger partial charge in [-0.1, -0.05) is 23.2 Å². The van der Waals surface area contributed by atoms with Crippen molar-refractivity contribution in [1.82, 2.24) is 4.90 Å². The lowest BCUT2D eigenvalue weighted by Crippen LogP contribution is -2.48. The molecule has 0 aromatic heterocycles. The second-order valence-corrected chi connectivity index (χ2v) is 9.03. The molecule has 9 nitrogen and oxygen atoms in total. The highest BCUT2D eigenvalue weighted by atomic mass is 35.5. The number of nitro groups is 1. The van der Waals surface area contributed by atoms with Gasteiger partial charge in [0.1, 0.15) is 11.4 Å². The summed E-state index contributed by atoms with van der Waals surface area (Å²) in [5.41, 5.74) is 2.22. The van der Waals surface area contributed by atoms with Crippen molar-refractivity contribution in [3.05, 3.63) is 62.1 Å². The molecule has 0 bridgehead atoms. The van der Waals surface area contributed by atoms with Crippen LogP contribution >= 0.6 is 23.2 Å². The molecule has 0 spiro atoms. The van der Waals surface area contributed by atoms with E-state index in [-0.39, 0.29) is 16.5 Å². The first-order valence-electron chi connectivity index (χ1n) is 11.2. The molecule has 11 heteroatoms. The Balaban J connectivity index is 1.43. The van der Waals surface area contributed by atoms with Crippen molar-refractivity contribution in [1.29, 1.82) is 0 Å². The Labute approximate surface area is 213 Å². The zero-order valence-electron chi connectivity index (χ0n) is 19.3. The number of anilines is 2. The van der Waals surface area contributed by atoms with Crippen LogP contribution in [0.3, 0.4) is 0 Å². The van der Waals surface area contributed by atoms with Crippen molar-refractivity contribution in [2.75, 3.05) is 69.4 Å². The van der Waals surface area contributed by atoms with E-state index >= 15 is 0 Å². The van der Waals surface area contributed by atoms with Gasteiger partial charge in [0, 0.05) is 67.7 Å². The summed E-state index contributed by atoms with van der Waals surface area (Å²) < 4.78 is 10.7. The standard InChI is InChI=1S/C24H26Cl2N4O5/c1-34-24-17(14-18(25)15-20(24)26)2-5-23(31)29-8-6-27(7-9-29)19-3-4-21(30(32)33)22(16-19)28-10-12-35-13-11-28/h2-5,14-16H,6-13H2,1H3. The van der Waals surface area contributed by atoms with Crippen LogP contribution in [0.5, 0.6) is 5.75 Å². The molecule has 2 aromatic carbocycles. The molecule has 1 amide bonds. The molecule has 2 fully saturated rings. The summed E-state index contributed by atoms with van der Waals surface area (Å²) in [5.74, 6) is 0.333. The molecule has 2 aliphatic heterocycles. The van der Waals surface area contributed by atoms with Gasteiger partial charge in [0.25, 0.3) is 5.69 Å². The number of hydrogen-bond donors (Lipinski definition) is 0. The molecule has 0 radical (unpaired) electrons. The highest BCUT2D eigenvalue weighted by molar-refractivity contribution is 6.36. The van der Waals surface area contributed by atoms with E-state index in [1.54, 1.807) is 35.2 Å². The third-order valence-electron chi connectivity index (χ3n) is 6.11. The molecule has 2 aromatic rings. The minimum atomic E-state index is -0.348. The van der Waals surface area contributed by atoms with Crippen LogP contribution in [-0.2, 0) is 9.53 Å². The third kappa shape index (κ3) is 5.80. The number of methoxy groups -OCH3 is 1. The number of carbonyl (C=O) groups is 1. The lowest BCUT2D eigenvalue weighted by Gasteiger charge is -2.36. The van der Waals surface area contributed by atoms with Crippen LogP contribution in [0.15, 0.2) is 36.4 Å². The maximum Gasteiger partial charge on any atom is 0.292 e. The first kappa shape index (κ1) is 25.1. The molecule has 186 valence electrons. The molecule has 4 rings (SSSR count). The largest absolute Gasteiger partial charge is 0.495 e. The zero-order valence-corrected chi connectivity index (χ0v) is 20.8. The maximum absolute atomic E-state index is 12.8. The van der Waals surface area contributed by atoms with Gasteiger partial charge in [-0.25, -0.2) is 0 Å². The number of piperazine rings is 1. The summed E-state index contributed by atoms with van der Waals surface area (Å²) in [7, 11) is 1.51. The molecule has 0 N–H and O–H groups in total. The van der Waals surface area contributed by atoms with E-state index < -0.39 is 0 Å². The number of morpholine rings is 1. The smallest absolute Gasteiger partial charge is 0.292 e. The van der Waals surface area contributed by atoms with Gasteiger partial charge in [-0.05, 0) is 30.3 Å². The van der Waals surface area contributed by atoms with E-state index in [1.807, 2.05) is 11.0 Å². The number of ether oxygens (including phenoxy) is 2. The molecule has 0 unspecified atom stereocenters. The lowest BCUT2D eigenvalue weighted by atomic mass is 10.1. The quantitative estimate of drug-likeness (QED) is 0.321. The van der Waals surface area contributed by atoms with Crippen molar-refractivity contribution in [3.8, 4) is 5.75 Å². The number of nitro benzene ring substituents is 1. The van der Waals surface area contributed by atoms with Crippen LogP contribution in [-0.4, -0.2) is 75.3 Å². The number of carbonyl (C=O) groups excluding carboxylic acids is 1. The van der Waals surface area contributed by atoms with Crippen LogP contribution in [0.1, 0.15) is 5.56 Å². The van der Waals surface area contributed by atoms with Gasteiger partial charge >= 0.3 is 0 Å². The average Bonchev–Trinajstić information content (AvgIpc) is 2.87. The van der Waals surface area contributed by atoms with Gasteiger partial charge in [0.2, 0.25) is 5.91 Å². The fraction of sp³-hybridized carbons (Fsp3) is 0.375. The van der Waals surface area contributed by atoms with Gasteiger partial charge in [0.15, 0.2) is 0 Å². The first-order chi connectivity index (χ1) is 16.9. The summed E-state index contributed by atoms with van der Waals surface area (Å²) in [4.78, 5) is 29.9. The number of hydrogen-bond acceptors (Lipinski definition) is 7. The molecule has 2 saturated heterocycles. The summed E-state index contributed by atoms with van der Waals surface area (Å²) in [6, 6.07) is 8.48. The second-order valence-electron chi connectivity index (χ2n) is 8.19. The van der Waals surface area contributed by atoms with Gasteiger partial charge in [-0.2, -0.15) is 0 Å². The number of halogens is 2. The summed E-state index contributed by atoms with van der Waals surface area (Å²) in [6.07, 6.45) is 3.14. The van der Waals surface area contributed by atoms with Gasteiger partial charge < -0.3 is 24.2 Å². The predicted molar refractivity (Wildman–Crippen MR) is 137 cm³/mol. The normalized spacial score (nSPS) is 16.6. The molecule has 0 saturated carbocycles. The van der Waals surface area contributed by atoms with Crippen LogP contribution in [0.25, 0.3) is 6.08 Å². The Bertz CT molecular complexity index is 1130. The van der Waals surface area contributed by atoms with Gasteiger partial charge in [0.05, 0.1) is 30.3 Å². The molecule has 2 heterocycles. The van der Waals surface area contributed by atoms with Crippen molar-refractivity contribution in [3.63, 3.8) is 0 Å². The zero-order chi connectivity index (χ0) is 24.9. The van der Waals surface area contributed by atoms with E-state index in [9.17, 15) is 14.9 Å². The molecular weight excluding hydrogens is 495 g/mol. The molecular formula is C24H26Cl2N4O5. The Morgan fingerprint density at radius 3 is 2.43 bits per heavy atom. The summed E-state index contributed by atoms with van der Waals surface area (Å²) in [5, 5.41) is 12.4. The van der Waals surface area contributed by atoms with Crippen molar-refractivity contribution in [2.45, 2.75) is 0 Å². The summed E-state index contributed by atoms with van der Waals surface area (Å²) in [6.45, 7) is 4.61. The second kappa shape index (κ2) is 11.2. The molecule has 35 heavy (non-hydrogen) atoms. The van der Waals surface area contributed by atoms with E-state index in [0.29, 0.717) is 79.5 Å². The first-order valence-corrected chi connectivity index (χ1v) is 12.0. The maximum atomic E-state index is 12.8. The van der Waals surface area contributed by atoms with Crippen molar-refractivity contribution >= 4 is 52.2 Å². The number of benzene rings is 2. The van der Waals surface area contributed by atoms with E-state index in [2.05, 4.69) is 4.90 Å². The topological polar surface area (TPSA) is 88.4 Å². The predicted octanol–water partition coefficient (Wildman–Crippen LogP) is 4.11. The van der Waals surface area contributed by atoms with Crippen LogP contribution < -0.4 is 14.5 Å². The van der Waals surface area contributed by atoms with Crippen LogP contribution in [0.4, 0.5) is 17.1 Å². The van der Waals surface area contributed by atoms with Crippen LogP contribution in [0.2, 0.25) is 10.0 Å². The fourth-order valence-electron chi connectivity index (χ4n) is 4.29. The Morgan fingerprint density at radius 2 is 1.77 bits per heavy atom. The number of amides is 1. The van der Waals surface area contributed by atoms with Crippen molar-refractivity contribution < 1.29 is 19.2 Å².